The first-order chi connectivity index (χ1) is 13.3. The molecule has 146 valence electrons. The Balaban J connectivity index is 1.61. The molecule has 1 fully saturated rings. The summed E-state index contributed by atoms with van der Waals surface area (Å²) in [6.45, 7) is 0. The van der Waals surface area contributed by atoms with Gasteiger partial charge >= 0.3 is 6.18 Å². The minimum Gasteiger partial charge on any atom is -0.450 e. The second kappa shape index (κ2) is 6.06. The number of hydrogen-bond acceptors (Lipinski definition) is 1. The van der Waals surface area contributed by atoms with Crippen LogP contribution in [-0.4, -0.2) is 0 Å². The Labute approximate surface area is 157 Å². The number of furan rings is 1. The summed E-state index contributed by atoms with van der Waals surface area (Å²) in [5, 5.41) is 0.411. The molecular weight excluding hydrogens is 375 g/mol. The summed E-state index contributed by atoms with van der Waals surface area (Å²) in [7, 11) is 0. The Hall–Kier alpha value is -2.37. The van der Waals surface area contributed by atoms with Gasteiger partial charge in [-0.05, 0) is 67.7 Å². The van der Waals surface area contributed by atoms with E-state index < -0.39 is 29.0 Å². The first kappa shape index (κ1) is 17.7. The van der Waals surface area contributed by atoms with E-state index in [1.165, 1.54) is 12.8 Å². The maximum atomic E-state index is 15.1. The smallest absolute Gasteiger partial charge is 0.419 e. The molecule has 1 heterocycles. The van der Waals surface area contributed by atoms with E-state index in [1.54, 1.807) is 12.1 Å². The lowest BCUT2D eigenvalue weighted by Crippen LogP contribution is -2.07. The largest absolute Gasteiger partial charge is 0.450 e. The van der Waals surface area contributed by atoms with Gasteiger partial charge in [-0.2, -0.15) is 13.2 Å². The highest BCUT2D eigenvalue weighted by molar-refractivity contribution is 6.06. The van der Waals surface area contributed by atoms with Gasteiger partial charge in [0.25, 0.3) is 0 Å². The molecular formula is C22H17F5O. The maximum absolute atomic E-state index is 15.1. The Kier molecular flexibility index (Phi) is 3.83. The van der Waals surface area contributed by atoms with E-state index in [2.05, 4.69) is 6.08 Å². The Bertz CT molecular complexity index is 1120. The van der Waals surface area contributed by atoms with Crippen LogP contribution in [0.2, 0.25) is 0 Å². The molecule has 5 rings (SSSR count). The Morgan fingerprint density at radius 3 is 2.11 bits per heavy atom. The van der Waals surface area contributed by atoms with Crippen molar-refractivity contribution in [2.24, 2.45) is 11.8 Å². The molecule has 2 aliphatic rings. The molecule has 1 aromatic heterocycles. The zero-order chi connectivity index (χ0) is 19.6. The Morgan fingerprint density at radius 1 is 0.821 bits per heavy atom. The second-order valence-corrected chi connectivity index (χ2v) is 7.81. The van der Waals surface area contributed by atoms with Crippen molar-refractivity contribution in [3.8, 4) is 0 Å². The summed E-state index contributed by atoms with van der Waals surface area (Å²) >= 11 is 0. The van der Waals surface area contributed by atoms with E-state index in [4.69, 9.17) is 4.42 Å². The van der Waals surface area contributed by atoms with Gasteiger partial charge < -0.3 is 4.42 Å². The molecule has 1 nitrogen and oxygen atoms in total. The molecule has 2 aliphatic carbocycles. The molecule has 1 saturated carbocycles. The van der Waals surface area contributed by atoms with Crippen LogP contribution in [0.3, 0.4) is 0 Å². The van der Waals surface area contributed by atoms with Gasteiger partial charge in [0.1, 0.15) is 0 Å². The number of rotatable bonds is 2. The van der Waals surface area contributed by atoms with E-state index in [0.29, 0.717) is 17.5 Å². The zero-order valence-electron chi connectivity index (χ0n) is 14.9. The van der Waals surface area contributed by atoms with Crippen LogP contribution in [0.15, 0.2) is 34.8 Å². The lowest BCUT2D eigenvalue weighted by molar-refractivity contribution is -0.139. The van der Waals surface area contributed by atoms with E-state index in [9.17, 15) is 17.6 Å². The van der Waals surface area contributed by atoms with Crippen molar-refractivity contribution in [1.29, 1.82) is 0 Å². The summed E-state index contributed by atoms with van der Waals surface area (Å²) < 4.78 is 73.6. The van der Waals surface area contributed by atoms with Crippen molar-refractivity contribution in [2.45, 2.75) is 38.3 Å². The van der Waals surface area contributed by atoms with Gasteiger partial charge in [0.05, 0.1) is 5.56 Å². The van der Waals surface area contributed by atoms with Crippen LogP contribution < -0.4 is 0 Å². The normalized spacial score (nSPS) is 20.8. The standard InChI is InChI=1S/C22H17F5O/c23-18-14(13-5-3-12(4-6-13)11-1-2-11)7-8-15-16-9-10-17(22(25,26)27)19(24)21(16)28-20(15)18/h5,7-12H,1-4,6H2. The van der Waals surface area contributed by atoms with Gasteiger partial charge in [-0.3, -0.25) is 0 Å². The van der Waals surface area contributed by atoms with E-state index >= 15 is 4.39 Å². The highest BCUT2D eigenvalue weighted by atomic mass is 19.4. The third-order valence-electron chi connectivity index (χ3n) is 6.08. The van der Waals surface area contributed by atoms with Gasteiger partial charge in [-0.25, -0.2) is 8.78 Å². The summed E-state index contributed by atoms with van der Waals surface area (Å²) in [5.74, 6) is -0.688. The van der Waals surface area contributed by atoms with Crippen LogP contribution in [-0.2, 0) is 6.18 Å². The maximum Gasteiger partial charge on any atom is 0.419 e. The molecule has 0 amide bonds. The van der Waals surface area contributed by atoms with Crippen LogP contribution >= 0.6 is 0 Å². The second-order valence-electron chi connectivity index (χ2n) is 7.81. The third kappa shape index (κ3) is 2.73. The highest BCUT2D eigenvalue weighted by Crippen LogP contribution is 2.46. The predicted molar refractivity (Wildman–Crippen MR) is 96.7 cm³/mol. The third-order valence-corrected chi connectivity index (χ3v) is 6.08. The molecule has 0 N–H and O–H groups in total. The van der Waals surface area contributed by atoms with Crippen molar-refractivity contribution >= 4 is 27.5 Å². The molecule has 0 saturated heterocycles. The minimum atomic E-state index is -4.84. The van der Waals surface area contributed by atoms with Crippen molar-refractivity contribution < 1.29 is 26.4 Å². The predicted octanol–water partition coefficient (Wildman–Crippen LogP) is 7.48. The molecule has 0 spiro atoms. The first-order valence-corrected chi connectivity index (χ1v) is 9.44. The number of alkyl halides is 3. The van der Waals surface area contributed by atoms with Crippen LogP contribution in [0.25, 0.3) is 27.5 Å². The molecule has 3 aromatic rings. The van der Waals surface area contributed by atoms with E-state index in [-0.39, 0.29) is 16.4 Å². The van der Waals surface area contributed by atoms with E-state index in [1.807, 2.05) is 0 Å². The van der Waals surface area contributed by atoms with Crippen LogP contribution in [0, 0.1) is 23.5 Å². The average Bonchev–Trinajstić information content (AvgIpc) is 3.43. The van der Waals surface area contributed by atoms with Gasteiger partial charge in [-0.15, -0.1) is 0 Å². The summed E-state index contributed by atoms with van der Waals surface area (Å²) in [6, 6.07) is 5.01. The topological polar surface area (TPSA) is 13.1 Å². The van der Waals surface area contributed by atoms with Crippen molar-refractivity contribution in [2.75, 3.05) is 0 Å². The molecule has 2 aromatic carbocycles. The summed E-state index contributed by atoms with van der Waals surface area (Å²) in [4.78, 5) is 0. The summed E-state index contributed by atoms with van der Waals surface area (Å²) in [5.41, 5.74) is -0.908. The molecule has 1 unspecified atom stereocenters. The quantitative estimate of drug-likeness (QED) is 0.412. The Morgan fingerprint density at radius 2 is 1.50 bits per heavy atom. The molecule has 0 radical (unpaired) electrons. The number of benzene rings is 2. The SMILES string of the molecule is Fc1c(C2=CCC(C3CC3)CC2)ccc2c1oc1c(F)c(C(F)(F)F)ccc12. The number of hydrogen-bond donors (Lipinski definition) is 0. The van der Waals surface area contributed by atoms with Crippen LogP contribution in [0.5, 0.6) is 0 Å². The number of halogens is 5. The molecule has 0 aliphatic heterocycles. The van der Waals surface area contributed by atoms with Crippen molar-refractivity contribution in [3.05, 3.63) is 53.1 Å². The number of fused-ring (bicyclic) bond motifs is 3. The van der Waals surface area contributed by atoms with Crippen molar-refractivity contribution in [3.63, 3.8) is 0 Å². The average molecular weight is 392 g/mol. The minimum absolute atomic E-state index is 0.136. The lowest BCUT2D eigenvalue weighted by atomic mass is 9.84. The first-order valence-electron chi connectivity index (χ1n) is 9.44. The van der Waals surface area contributed by atoms with Crippen molar-refractivity contribution in [1.82, 2.24) is 0 Å². The zero-order valence-corrected chi connectivity index (χ0v) is 14.9. The molecule has 1 atom stereocenters. The fourth-order valence-electron chi connectivity index (χ4n) is 4.40. The highest BCUT2D eigenvalue weighted by Gasteiger charge is 2.36. The van der Waals surface area contributed by atoms with Gasteiger partial charge in [0, 0.05) is 16.3 Å². The van der Waals surface area contributed by atoms with E-state index in [0.717, 1.165) is 36.8 Å². The van der Waals surface area contributed by atoms with Crippen LogP contribution in [0.4, 0.5) is 22.0 Å². The monoisotopic (exact) mass is 392 g/mol. The molecule has 0 bridgehead atoms. The van der Waals surface area contributed by atoms with Gasteiger partial charge in [-0.1, -0.05) is 12.1 Å². The number of allylic oxidation sites excluding steroid dienone is 2. The fourth-order valence-corrected chi connectivity index (χ4v) is 4.40. The van der Waals surface area contributed by atoms with Gasteiger partial charge in [0.2, 0.25) is 0 Å². The molecule has 28 heavy (non-hydrogen) atoms. The van der Waals surface area contributed by atoms with Gasteiger partial charge in [0.15, 0.2) is 22.8 Å². The summed E-state index contributed by atoms with van der Waals surface area (Å²) in [6.07, 6.45) is 2.46. The lowest BCUT2D eigenvalue weighted by Gasteiger charge is -2.22. The van der Waals surface area contributed by atoms with Crippen LogP contribution in [0.1, 0.15) is 43.2 Å². The fraction of sp³-hybridized carbons (Fsp3) is 0.364. The molecule has 6 heteroatoms.